The minimum atomic E-state index is -0.426. The van der Waals surface area contributed by atoms with Crippen LogP contribution in [0.3, 0.4) is 0 Å². The van der Waals surface area contributed by atoms with E-state index in [1.165, 1.54) is 0 Å². The Kier molecular flexibility index (Phi) is 6.94. The van der Waals surface area contributed by atoms with E-state index in [0.29, 0.717) is 13.2 Å². The van der Waals surface area contributed by atoms with Gasteiger partial charge in [-0.2, -0.15) is 0 Å². The zero-order valence-corrected chi connectivity index (χ0v) is 12.2. The number of benzene rings is 1. The van der Waals surface area contributed by atoms with Crippen molar-refractivity contribution in [2.45, 2.75) is 6.10 Å². The second kappa shape index (κ2) is 7.09. The fourth-order valence-corrected chi connectivity index (χ4v) is 1.39. The molecule has 0 bridgehead atoms. The lowest BCUT2D eigenvalue weighted by Crippen LogP contribution is -3.00. The van der Waals surface area contributed by atoms with Crippen molar-refractivity contribution in [3.63, 3.8) is 0 Å². The predicted molar refractivity (Wildman–Crippen MR) is 60.8 cm³/mol. The Morgan fingerprint density at radius 3 is 2.25 bits per heavy atom. The lowest BCUT2D eigenvalue weighted by molar-refractivity contribution is -0.873. The molecule has 1 N–H and O–H groups in total. The second-order valence-corrected chi connectivity index (χ2v) is 4.75. The predicted octanol–water partition coefficient (Wildman–Crippen LogP) is -1.86. The van der Waals surface area contributed by atoms with Crippen LogP contribution in [0.15, 0.2) is 30.3 Å². The number of aliphatic hydroxyl groups excluding tert-OH is 1. The molecule has 1 unspecified atom stereocenters. The summed E-state index contributed by atoms with van der Waals surface area (Å²) in [6.45, 7) is 1.03. The molecule has 4 heteroatoms. The summed E-state index contributed by atoms with van der Waals surface area (Å²) in [5.74, 6) is 0.804. The zero-order valence-electron chi connectivity index (χ0n) is 10.1. The maximum Gasteiger partial charge on any atom is 0.137 e. The van der Waals surface area contributed by atoms with Crippen LogP contribution in [0.2, 0.25) is 0 Å². The lowest BCUT2D eigenvalue weighted by Gasteiger charge is -2.26. The summed E-state index contributed by atoms with van der Waals surface area (Å²) < 4.78 is 6.19. The molecule has 16 heavy (non-hydrogen) atoms. The third-order valence-electron chi connectivity index (χ3n) is 1.94. The van der Waals surface area contributed by atoms with Gasteiger partial charge in [0.15, 0.2) is 0 Å². The normalized spacial score (nSPS) is 12.8. The Morgan fingerprint density at radius 1 is 1.19 bits per heavy atom. The average molecular weight is 337 g/mol. The summed E-state index contributed by atoms with van der Waals surface area (Å²) in [6.07, 6.45) is -0.426. The number of hydrogen-bond donors (Lipinski definition) is 1. The molecule has 0 spiro atoms. The van der Waals surface area contributed by atoms with Gasteiger partial charge in [0.1, 0.15) is 25.0 Å². The fourth-order valence-electron chi connectivity index (χ4n) is 1.39. The van der Waals surface area contributed by atoms with E-state index >= 15 is 0 Å². The zero-order chi connectivity index (χ0) is 11.3. The van der Waals surface area contributed by atoms with E-state index in [9.17, 15) is 5.11 Å². The van der Waals surface area contributed by atoms with Crippen molar-refractivity contribution in [1.29, 1.82) is 0 Å². The van der Waals surface area contributed by atoms with Gasteiger partial charge in [0, 0.05) is 0 Å². The summed E-state index contributed by atoms with van der Waals surface area (Å²) in [5.41, 5.74) is 0. The minimum Gasteiger partial charge on any atom is -1.00 e. The summed E-state index contributed by atoms with van der Waals surface area (Å²) in [4.78, 5) is 0. The van der Waals surface area contributed by atoms with Crippen LogP contribution in [-0.4, -0.2) is 50.0 Å². The fraction of sp³-hybridized carbons (Fsp3) is 0.500. The summed E-state index contributed by atoms with van der Waals surface area (Å²) in [5, 5.41) is 9.71. The maximum absolute atomic E-state index is 9.71. The van der Waals surface area contributed by atoms with Crippen molar-refractivity contribution >= 4 is 0 Å². The molecule has 1 atom stereocenters. The smallest absolute Gasteiger partial charge is 0.137 e. The quantitative estimate of drug-likeness (QED) is 0.504. The van der Waals surface area contributed by atoms with Crippen molar-refractivity contribution < 1.29 is 38.3 Å². The van der Waals surface area contributed by atoms with Crippen LogP contribution in [0, 0.1) is 0 Å². The SMILES string of the molecule is C[N+](C)(C)CC(O)COc1ccccc1.[I-]. The highest BCUT2D eigenvalue weighted by Crippen LogP contribution is 2.08. The first-order valence-electron chi connectivity index (χ1n) is 5.14. The number of quaternary nitrogens is 1. The molecular weight excluding hydrogens is 317 g/mol. The number of hydrogen-bond acceptors (Lipinski definition) is 2. The first-order valence-corrected chi connectivity index (χ1v) is 5.14. The molecule has 0 heterocycles. The number of aliphatic hydroxyl groups is 1. The monoisotopic (exact) mass is 337 g/mol. The molecule has 0 aliphatic heterocycles. The van der Waals surface area contributed by atoms with E-state index in [2.05, 4.69) is 0 Å². The Labute approximate surface area is 115 Å². The van der Waals surface area contributed by atoms with Gasteiger partial charge in [0.2, 0.25) is 0 Å². The molecule has 1 rings (SSSR count). The molecule has 0 aliphatic rings. The third kappa shape index (κ3) is 7.03. The van der Waals surface area contributed by atoms with Gasteiger partial charge in [-0.25, -0.2) is 0 Å². The Bertz CT molecular complexity index is 285. The van der Waals surface area contributed by atoms with Gasteiger partial charge in [-0.3, -0.25) is 0 Å². The number of para-hydroxylation sites is 1. The van der Waals surface area contributed by atoms with E-state index in [-0.39, 0.29) is 24.0 Å². The summed E-state index contributed by atoms with van der Waals surface area (Å²) in [7, 11) is 6.14. The first kappa shape index (κ1) is 15.7. The molecule has 0 saturated carbocycles. The number of halogens is 1. The van der Waals surface area contributed by atoms with E-state index in [0.717, 1.165) is 10.2 Å². The second-order valence-electron chi connectivity index (χ2n) is 4.75. The van der Waals surface area contributed by atoms with Crippen LogP contribution in [-0.2, 0) is 0 Å². The molecule has 0 radical (unpaired) electrons. The topological polar surface area (TPSA) is 29.5 Å². The Balaban J connectivity index is 0.00000225. The molecule has 0 saturated heterocycles. The number of ether oxygens (including phenoxy) is 1. The first-order chi connectivity index (χ1) is 6.97. The van der Waals surface area contributed by atoms with Gasteiger partial charge in [-0.15, -0.1) is 0 Å². The van der Waals surface area contributed by atoms with Crippen molar-refractivity contribution in [1.82, 2.24) is 0 Å². The van der Waals surface area contributed by atoms with Crippen molar-refractivity contribution in [2.75, 3.05) is 34.3 Å². The Morgan fingerprint density at radius 2 is 1.75 bits per heavy atom. The van der Waals surface area contributed by atoms with Crippen molar-refractivity contribution in [3.05, 3.63) is 30.3 Å². The van der Waals surface area contributed by atoms with Gasteiger partial charge < -0.3 is 38.3 Å². The van der Waals surface area contributed by atoms with Crippen LogP contribution < -0.4 is 28.7 Å². The van der Waals surface area contributed by atoms with Crippen LogP contribution in [0.1, 0.15) is 0 Å². The van der Waals surface area contributed by atoms with Gasteiger partial charge in [0.25, 0.3) is 0 Å². The molecule has 92 valence electrons. The number of likely N-dealkylation sites (N-methyl/N-ethyl adjacent to an activating group) is 1. The molecule has 1 aromatic carbocycles. The van der Waals surface area contributed by atoms with Crippen molar-refractivity contribution in [3.8, 4) is 5.75 Å². The standard InChI is InChI=1S/C12H20NO2.HI/c1-13(2,3)9-11(14)10-15-12-7-5-4-6-8-12;/h4-8,11,14H,9-10H2,1-3H3;1H/q+1;/p-1. The van der Waals surface area contributed by atoms with E-state index in [4.69, 9.17) is 4.74 Å². The van der Waals surface area contributed by atoms with Crippen LogP contribution in [0.5, 0.6) is 5.75 Å². The molecule has 0 aromatic heterocycles. The average Bonchev–Trinajstić information content (AvgIpc) is 2.14. The van der Waals surface area contributed by atoms with E-state index < -0.39 is 6.10 Å². The van der Waals surface area contributed by atoms with Crippen molar-refractivity contribution in [2.24, 2.45) is 0 Å². The van der Waals surface area contributed by atoms with Crippen LogP contribution >= 0.6 is 0 Å². The van der Waals surface area contributed by atoms with Gasteiger partial charge in [0.05, 0.1) is 21.1 Å². The molecule has 0 fully saturated rings. The van der Waals surface area contributed by atoms with Crippen LogP contribution in [0.4, 0.5) is 0 Å². The Hall–Kier alpha value is -0.330. The van der Waals surface area contributed by atoms with E-state index in [1.807, 2.05) is 51.5 Å². The number of nitrogens with zero attached hydrogens (tertiary/aromatic N) is 1. The third-order valence-corrected chi connectivity index (χ3v) is 1.94. The lowest BCUT2D eigenvalue weighted by atomic mass is 10.3. The molecule has 1 aromatic rings. The molecular formula is C12H20INO2. The van der Waals surface area contributed by atoms with Crippen LogP contribution in [0.25, 0.3) is 0 Å². The summed E-state index contributed by atoms with van der Waals surface area (Å²) in [6, 6.07) is 9.55. The highest BCUT2D eigenvalue weighted by Gasteiger charge is 2.15. The summed E-state index contributed by atoms with van der Waals surface area (Å²) >= 11 is 0. The van der Waals surface area contributed by atoms with Gasteiger partial charge in [-0.05, 0) is 12.1 Å². The van der Waals surface area contributed by atoms with Gasteiger partial charge >= 0.3 is 0 Å². The highest BCUT2D eigenvalue weighted by molar-refractivity contribution is 5.20. The highest BCUT2D eigenvalue weighted by atomic mass is 127. The maximum atomic E-state index is 9.71. The van der Waals surface area contributed by atoms with E-state index in [1.54, 1.807) is 0 Å². The molecule has 0 amide bonds. The largest absolute Gasteiger partial charge is 1.00 e. The van der Waals surface area contributed by atoms with Gasteiger partial charge in [-0.1, -0.05) is 18.2 Å². The number of rotatable bonds is 5. The molecule has 0 aliphatic carbocycles. The minimum absolute atomic E-state index is 0. The molecule has 3 nitrogen and oxygen atoms in total.